The zero-order chi connectivity index (χ0) is 12.8. The molecule has 0 aliphatic rings. The SMILES string of the molecule is COc1cc([C@@H](C)CCOC(C)=O)oc(=O)c1. The third-order valence-electron chi connectivity index (χ3n) is 2.34. The summed E-state index contributed by atoms with van der Waals surface area (Å²) in [5.41, 5.74) is -0.446. The van der Waals surface area contributed by atoms with E-state index in [9.17, 15) is 9.59 Å². The highest BCUT2D eigenvalue weighted by Crippen LogP contribution is 2.21. The van der Waals surface area contributed by atoms with Crippen LogP contribution in [0.1, 0.15) is 31.9 Å². The van der Waals surface area contributed by atoms with Gasteiger partial charge in [-0.25, -0.2) is 4.79 Å². The Balaban J connectivity index is 2.68. The van der Waals surface area contributed by atoms with Crippen molar-refractivity contribution in [2.24, 2.45) is 0 Å². The van der Waals surface area contributed by atoms with Crippen LogP contribution in [0.15, 0.2) is 21.3 Å². The van der Waals surface area contributed by atoms with E-state index in [2.05, 4.69) is 0 Å². The van der Waals surface area contributed by atoms with E-state index in [0.29, 0.717) is 24.5 Å². The predicted octanol–water partition coefficient (Wildman–Crippen LogP) is 1.71. The lowest BCUT2D eigenvalue weighted by molar-refractivity contribution is -0.141. The first-order valence-electron chi connectivity index (χ1n) is 5.35. The highest BCUT2D eigenvalue weighted by atomic mass is 16.5. The summed E-state index contributed by atoms with van der Waals surface area (Å²) < 4.78 is 14.9. The molecule has 17 heavy (non-hydrogen) atoms. The Bertz CT molecular complexity index is 435. The maximum Gasteiger partial charge on any atom is 0.339 e. The lowest BCUT2D eigenvalue weighted by atomic mass is 10.1. The van der Waals surface area contributed by atoms with Crippen molar-refractivity contribution in [2.75, 3.05) is 13.7 Å². The van der Waals surface area contributed by atoms with Gasteiger partial charge in [0.2, 0.25) is 0 Å². The summed E-state index contributed by atoms with van der Waals surface area (Å²) in [4.78, 5) is 21.8. The fourth-order valence-electron chi connectivity index (χ4n) is 1.36. The zero-order valence-corrected chi connectivity index (χ0v) is 10.2. The molecule has 0 aromatic carbocycles. The summed E-state index contributed by atoms with van der Waals surface area (Å²) in [6.45, 7) is 3.55. The number of carbonyl (C=O) groups excluding carboxylic acids is 1. The van der Waals surface area contributed by atoms with Gasteiger partial charge >= 0.3 is 11.6 Å². The van der Waals surface area contributed by atoms with Gasteiger partial charge in [-0.15, -0.1) is 0 Å². The Kier molecular flexibility index (Phi) is 4.75. The third kappa shape index (κ3) is 4.30. The molecular weight excluding hydrogens is 224 g/mol. The third-order valence-corrected chi connectivity index (χ3v) is 2.34. The van der Waals surface area contributed by atoms with Crippen LogP contribution in [0.5, 0.6) is 5.75 Å². The van der Waals surface area contributed by atoms with E-state index < -0.39 is 5.63 Å². The minimum atomic E-state index is -0.446. The monoisotopic (exact) mass is 240 g/mol. The summed E-state index contributed by atoms with van der Waals surface area (Å²) in [5, 5.41) is 0. The lowest BCUT2D eigenvalue weighted by Gasteiger charge is -2.10. The smallest absolute Gasteiger partial charge is 0.339 e. The van der Waals surface area contributed by atoms with Gasteiger partial charge < -0.3 is 13.9 Å². The Morgan fingerprint density at radius 1 is 1.47 bits per heavy atom. The molecule has 0 amide bonds. The molecule has 0 saturated heterocycles. The zero-order valence-electron chi connectivity index (χ0n) is 10.2. The largest absolute Gasteiger partial charge is 0.496 e. The number of ether oxygens (including phenoxy) is 2. The van der Waals surface area contributed by atoms with Gasteiger partial charge in [0.1, 0.15) is 11.5 Å². The van der Waals surface area contributed by atoms with Crippen molar-refractivity contribution in [1.29, 1.82) is 0 Å². The van der Waals surface area contributed by atoms with Crippen LogP contribution in [0.4, 0.5) is 0 Å². The van der Waals surface area contributed by atoms with Crippen molar-refractivity contribution >= 4 is 5.97 Å². The Morgan fingerprint density at radius 3 is 2.76 bits per heavy atom. The number of hydrogen-bond donors (Lipinski definition) is 0. The number of carbonyl (C=O) groups is 1. The molecule has 1 heterocycles. The van der Waals surface area contributed by atoms with Crippen molar-refractivity contribution in [3.63, 3.8) is 0 Å². The summed E-state index contributed by atoms with van der Waals surface area (Å²) in [5.74, 6) is 0.665. The first kappa shape index (κ1) is 13.3. The maximum absolute atomic E-state index is 11.2. The van der Waals surface area contributed by atoms with E-state index in [0.717, 1.165) is 0 Å². The minimum absolute atomic E-state index is 0.0165. The molecule has 0 saturated carbocycles. The van der Waals surface area contributed by atoms with Gasteiger partial charge in [0.05, 0.1) is 19.8 Å². The molecule has 0 unspecified atom stereocenters. The molecule has 5 nitrogen and oxygen atoms in total. The van der Waals surface area contributed by atoms with Crippen LogP contribution >= 0.6 is 0 Å². The topological polar surface area (TPSA) is 65.7 Å². The van der Waals surface area contributed by atoms with Crippen molar-refractivity contribution in [3.8, 4) is 5.75 Å². The van der Waals surface area contributed by atoms with Gasteiger partial charge in [0.15, 0.2) is 0 Å². The summed E-state index contributed by atoms with van der Waals surface area (Å²) in [6.07, 6.45) is 0.593. The van der Waals surface area contributed by atoms with Gasteiger partial charge in [-0.05, 0) is 6.42 Å². The van der Waals surface area contributed by atoms with Crippen molar-refractivity contribution in [2.45, 2.75) is 26.2 Å². The van der Waals surface area contributed by atoms with E-state index in [-0.39, 0.29) is 11.9 Å². The average Bonchev–Trinajstić information content (AvgIpc) is 2.27. The van der Waals surface area contributed by atoms with E-state index in [1.54, 1.807) is 6.07 Å². The molecule has 1 aromatic rings. The summed E-state index contributed by atoms with van der Waals surface area (Å²) in [6, 6.07) is 2.95. The van der Waals surface area contributed by atoms with Crippen LogP contribution in [0, 0.1) is 0 Å². The van der Waals surface area contributed by atoms with Gasteiger partial charge in [0.25, 0.3) is 0 Å². The van der Waals surface area contributed by atoms with Gasteiger partial charge in [-0.3, -0.25) is 4.79 Å². The fraction of sp³-hybridized carbons (Fsp3) is 0.500. The van der Waals surface area contributed by atoms with E-state index in [1.165, 1.54) is 20.1 Å². The molecule has 5 heteroatoms. The first-order valence-corrected chi connectivity index (χ1v) is 5.35. The van der Waals surface area contributed by atoms with Crippen molar-refractivity contribution < 1.29 is 18.7 Å². The molecule has 0 spiro atoms. The quantitative estimate of drug-likeness (QED) is 0.733. The molecule has 1 aromatic heterocycles. The number of methoxy groups -OCH3 is 1. The van der Waals surface area contributed by atoms with Crippen molar-refractivity contribution in [1.82, 2.24) is 0 Å². The molecule has 0 aliphatic carbocycles. The second-order valence-electron chi connectivity index (χ2n) is 3.75. The average molecular weight is 240 g/mol. The highest BCUT2D eigenvalue weighted by molar-refractivity contribution is 5.65. The molecule has 0 aliphatic heterocycles. The van der Waals surface area contributed by atoms with Gasteiger partial charge in [-0.1, -0.05) is 6.92 Å². The molecule has 0 N–H and O–H groups in total. The Hall–Kier alpha value is -1.78. The van der Waals surface area contributed by atoms with Crippen LogP contribution in [-0.4, -0.2) is 19.7 Å². The first-order chi connectivity index (χ1) is 8.02. The standard InChI is InChI=1S/C12H16O5/c1-8(4-5-16-9(2)13)11-6-10(15-3)7-12(14)17-11/h6-8H,4-5H2,1-3H3/t8-/m0/s1. The number of rotatable bonds is 5. The van der Waals surface area contributed by atoms with E-state index >= 15 is 0 Å². The highest BCUT2D eigenvalue weighted by Gasteiger charge is 2.11. The fourth-order valence-corrected chi connectivity index (χ4v) is 1.36. The van der Waals surface area contributed by atoms with Crippen molar-refractivity contribution in [3.05, 3.63) is 28.3 Å². The summed E-state index contributed by atoms with van der Waals surface area (Å²) in [7, 11) is 1.49. The lowest BCUT2D eigenvalue weighted by Crippen LogP contribution is -2.07. The Morgan fingerprint density at radius 2 is 2.18 bits per heavy atom. The normalized spacial score (nSPS) is 11.9. The van der Waals surface area contributed by atoms with Crippen LogP contribution in [0.3, 0.4) is 0 Å². The van der Waals surface area contributed by atoms with Crippen LogP contribution < -0.4 is 10.4 Å². The van der Waals surface area contributed by atoms with Gasteiger partial charge in [-0.2, -0.15) is 0 Å². The molecular formula is C12H16O5. The van der Waals surface area contributed by atoms with Crippen LogP contribution in [0.25, 0.3) is 0 Å². The van der Waals surface area contributed by atoms with Crippen LogP contribution in [0.2, 0.25) is 0 Å². The minimum Gasteiger partial charge on any atom is -0.496 e. The molecule has 0 fully saturated rings. The molecule has 0 radical (unpaired) electrons. The summed E-state index contributed by atoms with van der Waals surface area (Å²) >= 11 is 0. The van der Waals surface area contributed by atoms with Gasteiger partial charge in [0, 0.05) is 18.9 Å². The number of hydrogen-bond acceptors (Lipinski definition) is 5. The second-order valence-corrected chi connectivity index (χ2v) is 3.75. The Labute approximate surface area is 99.3 Å². The molecule has 0 bridgehead atoms. The molecule has 94 valence electrons. The maximum atomic E-state index is 11.2. The molecule has 1 rings (SSSR count). The predicted molar refractivity (Wildman–Crippen MR) is 61.2 cm³/mol. The molecule has 1 atom stereocenters. The number of esters is 1. The van der Waals surface area contributed by atoms with Crippen LogP contribution in [-0.2, 0) is 9.53 Å². The van der Waals surface area contributed by atoms with E-state index in [1.807, 2.05) is 6.92 Å². The van der Waals surface area contributed by atoms with E-state index in [4.69, 9.17) is 13.9 Å². The second kappa shape index (κ2) is 6.08.